The van der Waals surface area contributed by atoms with Crippen LogP contribution in [-0.4, -0.2) is 10.2 Å². The van der Waals surface area contributed by atoms with Gasteiger partial charge in [0.1, 0.15) is 11.6 Å². The highest BCUT2D eigenvalue weighted by Gasteiger charge is 2.41. The van der Waals surface area contributed by atoms with Gasteiger partial charge in [0.05, 0.1) is 11.5 Å². The molecule has 0 unspecified atom stereocenters. The minimum atomic E-state index is -4.56. The summed E-state index contributed by atoms with van der Waals surface area (Å²) < 4.78 is 45.8. The second-order valence-electron chi connectivity index (χ2n) is 5.68. The Kier molecular flexibility index (Phi) is 4.17. The summed E-state index contributed by atoms with van der Waals surface area (Å²) in [5.41, 5.74) is 5.94. The van der Waals surface area contributed by atoms with Gasteiger partial charge in [-0.25, -0.2) is 0 Å². The van der Waals surface area contributed by atoms with E-state index in [1.165, 1.54) is 18.2 Å². The number of nitrogens with two attached hydrogens (primary N) is 1. The summed E-state index contributed by atoms with van der Waals surface area (Å²) >= 11 is 0. The summed E-state index contributed by atoms with van der Waals surface area (Å²) in [5, 5.41) is 16.3. The Morgan fingerprint density at radius 2 is 2.08 bits per heavy atom. The number of nitrogens with zero attached hydrogens (tertiary/aromatic N) is 2. The number of ether oxygens (including phenoxy) is 1. The molecule has 2 aromatic rings. The van der Waals surface area contributed by atoms with Crippen LogP contribution in [0.2, 0.25) is 0 Å². The highest BCUT2D eigenvalue weighted by molar-refractivity contribution is 5.57. The SMILES string of the molecule is CCCc1[nH]nc2c1[C@H](c1ccccc1C(F)(F)F)C(C#N)=C(N)O2. The second-order valence-corrected chi connectivity index (χ2v) is 5.68. The van der Waals surface area contributed by atoms with Gasteiger partial charge in [-0.3, -0.25) is 5.10 Å². The number of nitriles is 1. The summed E-state index contributed by atoms with van der Waals surface area (Å²) in [5.74, 6) is -1.10. The van der Waals surface area contributed by atoms with Crippen molar-refractivity contribution < 1.29 is 17.9 Å². The van der Waals surface area contributed by atoms with Gasteiger partial charge in [-0.15, -0.1) is 5.10 Å². The van der Waals surface area contributed by atoms with Gasteiger partial charge in [0.25, 0.3) is 0 Å². The third kappa shape index (κ3) is 2.82. The average Bonchev–Trinajstić information content (AvgIpc) is 2.95. The van der Waals surface area contributed by atoms with Crippen molar-refractivity contribution in [3.05, 3.63) is 58.1 Å². The van der Waals surface area contributed by atoms with E-state index >= 15 is 0 Å². The maximum absolute atomic E-state index is 13.5. The van der Waals surface area contributed by atoms with Crippen molar-refractivity contribution in [3.8, 4) is 11.9 Å². The summed E-state index contributed by atoms with van der Waals surface area (Å²) in [6, 6.07) is 7.07. The van der Waals surface area contributed by atoms with E-state index in [1.54, 1.807) is 0 Å². The third-order valence-corrected chi connectivity index (χ3v) is 4.10. The molecule has 0 fully saturated rings. The molecule has 0 saturated heterocycles. The van der Waals surface area contributed by atoms with Crippen LogP contribution in [0.3, 0.4) is 0 Å². The number of nitrogens with one attached hydrogen (secondary N) is 1. The molecule has 3 N–H and O–H groups in total. The fourth-order valence-electron chi connectivity index (χ4n) is 3.07. The van der Waals surface area contributed by atoms with Gasteiger partial charge in [-0.2, -0.15) is 18.4 Å². The molecule has 3 rings (SSSR count). The van der Waals surface area contributed by atoms with Crippen molar-refractivity contribution in [2.45, 2.75) is 31.9 Å². The number of halogens is 3. The van der Waals surface area contributed by atoms with Crippen LogP contribution in [0, 0.1) is 11.3 Å². The smallest absolute Gasteiger partial charge is 0.416 e. The number of H-pyrrole nitrogens is 1. The zero-order valence-corrected chi connectivity index (χ0v) is 13.3. The number of benzene rings is 1. The van der Waals surface area contributed by atoms with Crippen molar-refractivity contribution in [2.75, 3.05) is 0 Å². The first-order chi connectivity index (χ1) is 11.9. The van der Waals surface area contributed by atoms with E-state index in [9.17, 15) is 18.4 Å². The van der Waals surface area contributed by atoms with Crippen molar-refractivity contribution in [3.63, 3.8) is 0 Å². The quantitative estimate of drug-likeness (QED) is 0.887. The number of aromatic nitrogens is 2. The summed E-state index contributed by atoms with van der Waals surface area (Å²) in [4.78, 5) is 0. The molecule has 0 bridgehead atoms. The number of rotatable bonds is 3. The molecule has 0 saturated carbocycles. The van der Waals surface area contributed by atoms with Crippen molar-refractivity contribution in [1.29, 1.82) is 5.26 Å². The summed E-state index contributed by atoms with van der Waals surface area (Å²) in [6.07, 6.45) is -3.24. The molecule has 1 aromatic heterocycles. The van der Waals surface area contributed by atoms with E-state index in [0.29, 0.717) is 17.7 Å². The first-order valence-corrected chi connectivity index (χ1v) is 7.69. The lowest BCUT2D eigenvalue weighted by Gasteiger charge is -2.26. The van der Waals surface area contributed by atoms with E-state index in [-0.39, 0.29) is 22.9 Å². The average molecular weight is 348 g/mol. The van der Waals surface area contributed by atoms with Crippen LogP contribution in [0.25, 0.3) is 0 Å². The van der Waals surface area contributed by atoms with Gasteiger partial charge in [0.15, 0.2) is 0 Å². The van der Waals surface area contributed by atoms with Gasteiger partial charge in [0.2, 0.25) is 11.8 Å². The Morgan fingerprint density at radius 1 is 1.36 bits per heavy atom. The molecule has 8 heteroatoms. The molecule has 1 aliphatic heterocycles. The topological polar surface area (TPSA) is 87.7 Å². The first kappa shape index (κ1) is 16.9. The molecule has 0 aliphatic carbocycles. The fraction of sp³-hybridized carbons (Fsp3) is 0.294. The molecule has 5 nitrogen and oxygen atoms in total. The molecular weight excluding hydrogens is 333 g/mol. The van der Waals surface area contributed by atoms with Gasteiger partial charge in [-0.05, 0) is 18.1 Å². The first-order valence-electron chi connectivity index (χ1n) is 7.69. The molecule has 25 heavy (non-hydrogen) atoms. The van der Waals surface area contributed by atoms with Crippen LogP contribution in [0.4, 0.5) is 13.2 Å². The molecule has 0 amide bonds. The van der Waals surface area contributed by atoms with Gasteiger partial charge in [0, 0.05) is 11.3 Å². The predicted octanol–water partition coefficient (Wildman–Crippen LogP) is 3.60. The Bertz CT molecular complexity index is 877. The number of allylic oxidation sites excluding steroid dienone is 1. The van der Waals surface area contributed by atoms with Gasteiger partial charge >= 0.3 is 6.18 Å². The van der Waals surface area contributed by atoms with Crippen LogP contribution in [0.1, 0.15) is 41.6 Å². The Morgan fingerprint density at radius 3 is 2.72 bits per heavy atom. The molecule has 130 valence electrons. The Hall–Kier alpha value is -2.95. The standard InChI is InChI=1S/C17H15F3N4O/c1-2-5-12-14-13(9-6-3-4-7-11(9)17(18,19)20)10(8-21)15(22)25-16(14)24-23-12/h3-4,6-7,13H,2,5,22H2,1H3,(H,23,24)/t13-/m1/s1. The maximum atomic E-state index is 13.5. The number of hydrogen-bond donors (Lipinski definition) is 2. The monoisotopic (exact) mass is 348 g/mol. The highest BCUT2D eigenvalue weighted by atomic mass is 19.4. The summed E-state index contributed by atoms with van der Waals surface area (Å²) in [7, 11) is 0. The van der Waals surface area contributed by atoms with E-state index in [1.807, 2.05) is 13.0 Å². The van der Waals surface area contributed by atoms with Crippen LogP contribution in [0.5, 0.6) is 5.88 Å². The van der Waals surface area contributed by atoms with Gasteiger partial charge in [-0.1, -0.05) is 31.5 Å². The largest absolute Gasteiger partial charge is 0.420 e. The van der Waals surface area contributed by atoms with Gasteiger partial charge < -0.3 is 10.5 Å². The maximum Gasteiger partial charge on any atom is 0.416 e. The number of alkyl halides is 3. The van der Waals surface area contributed by atoms with Crippen molar-refractivity contribution in [1.82, 2.24) is 10.2 Å². The predicted molar refractivity (Wildman–Crippen MR) is 83.3 cm³/mol. The molecule has 0 spiro atoms. The highest BCUT2D eigenvalue weighted by Crippen LogP contribution is 2.46. The van der Waals surface area contributed by atoms with E-state index in [4.69, 9.17) is 10.5 Å². The normalized spacial score (nSPS) is 17.0. The van der Waals surface area contributed by atoms with Crippen LogP contribution in [-0.2, 0) is 12.6 Å². The number of fused-ring (bicyclic) bond motifs is 1. The summed E-state index contributed by atoms with van der Waals surface area (Å²) in [6.45, 7) is 1.94. The molecule has 1 atom stereocenters. The van der Waals surface area contributed by atoms with E-state index in [0.717, 1.165) is 12.5 Å². The lowest BCUT2D eigenvalue weighted by atomic mass is 9.81. The lowest BCUT2D eigenvalue weighted by Crippen LogP contribution is -2.23. The van der Waals surface area contributed by atoms with E-state index < -0.39 is 17.7 Å². The number of aromatic amines is 1. The lowest BCUT2D eigenvalue weighted by molar-refractivity contribution is -0.138. The fourth-order valence-corrected chi connectivity index (χ4v) is 3.07. The molecule has 1 aromatic carbocycles. The minimum Gasteiger partial charge on any atom is -0.420 e. The minimum absolute atomic E-state index is 0.0437. The van der Waals surface area contributed by atoms with E-state index in [2.05, 4.69) is 10.2 Å². The third-order valence-electron chi connectivity index (χ3n) is 4.10. The number of hydrogen-bond acceptors (Lipinski definition) is 4. The number of aryl methyl sites for hydroxylation is 1. The molecule has 0 radical (unpaired) electrons. The second kappa shape index (κ2) is 6.16. The zero-order chi connectivity index (χ0) is 18.2. The van der Waals surface area contributed by atoms with Crippen LogP contribution >= 0.6 is 0 Å². The molecule has 1 aliphatic rings. The Labute approximate surface area is 141 Å². The van der Waals surface area contributed by atoms with Crippen LogP contribution in [0.15, 0.2) is 35.7 Å². The van der Waals surface area contributed by atoms with Crippen molar-refractivity contribution >= 4 is 0 Å². The molecular formula is C17H15F3N4O. The van der Waals surface area contributed by atoms with Crippen molar-refractivity contribution in [2.24, 2.45) is 5.73 Å². The Balaban J connectivity index is 2.28. The zero-order valence-electron chi connectivity index (χ0n) is 13.3. The van der Waals surface area contributed by atoms with Crippen LogP contribution < -0.4 is 10.5 Å². The molecule has 2 heterocycles.